The molecule has 2 heterocycles. The number of furan rings is 1. The molecule has 0 saturated heterocycles. The Labute approximate surface area is 85.9 Å². The molecule has 2 rings (SSSR count). The lowest BCUT2D eigenvalue weighted by molar-refractivity contribution is 0.420. The van der Waals surface area contributed by atoms with E-state index < -0.39 is 0 Å². The molecule has 74 valence electrons. The molecule has 2 aromatic heterocycles. The van der Waals surface area contributed by atoms with E-state index in [2.05, 4.69) is 10.1 Å². The van der Waals surface area contributed by atoms with E-state index in [-0.39, 0.29) is 5.38 Å². The van der Waals surface area contributed by atoms with Gasteiger partial charge in [0, 0.05) is 0 Å². The molecular formula is C9H9ClN2O2. The van der Waals surface area contributed by atoms with Crippen LogP contribution in [0.2, 0.25) is 0 Å². The number of hydrogen-bond donors (Lipinski definition) is 0. The molecule has 0 aliphatic heterocycles. The monoisotopic (exact) mass is 212 g/mol. The largest absolute Gasteiger partial charge is 0.472 e. The fourth-order valence-electron chi connectivity index (χ4n) is 1.05. The van der Waals surface area contributed by atoms with Gasteiger partial charge in [-0.15, -0.1) is 11.6 Å². The summed E-state index contributed by atoms with van der Waals surface area (Å²) in [7, 11) is 0. The van der Waals surface area contributed by atoms with E-state index in [0.29, 0.717) is 11.7 Å². The Balaban J connectivity index is 2.26. The first kappa shape index (κ1) is 9.27. The van der Waals surface area contributed by atoms with Crippen LogP contribution in [0.1, 0.15) is 24.5 Å². The third-order valence-corrected chi connectivity index (χ3v) is 2.35. The minimum atomic E-state index is -0.195. The van der Waals surface area contributed by atoms with Crippen molar-refractivity contribution in [3.8, 4) is 11.5 Å². The van der Waals surface area contributed by atoms with Gasteiger partial charge in [-0.3, -0.25) is 0 Å². The SMILES string of the molecule is CCC(Cl)c1noc(-c2ccoc2)n1. The van der Waals surface area contributed by atoms with Crippen molar-refractivity contribution in [1.82, 2.24) is 10.1 Å². The van der Waals surface area contributed by atoms with E-state index in [1.54, 1.807) is 18.6 Å². The van der Waals surface area contributed by atoms with Gasteiger partial charge in [0.2, 0.25) is 0 Å². The van der Waals surface area contributed by atoms with Gasteiger partial charge in [0.25, 0.3) is 5.89 Å². The highest BCUT2D eigenvalue weighted by Gasteiger charge is 2.15. The van der Waals surface area contributed by atoms with Gasteiger partial charge in [-0.2, -0.15) is 4.98 Å². The van der Waals surface area contributed by atoms with Crippen molar-refractivity contribution in [3.05, 3.63) is 24.4 Å². The van der Waals surface area contributed by atoms with E-state index in [9.17, 15) is 0 Å². The summed E-state index contributed by atoms with van der Waals surface area (Å²) < 4.78 is 9.93. The zero-order chi connectivity index (χ0) is 9.97. The molecule has 0 N–H and O–H groups in total. The highest BCUT2D eigenvalue weighted by molar-refractivity contribution is 6.20. The summed E-state index contributed by atoms with van der Waals surface area (Å²) in [4.78, 5) is 4.15. The maximum atomic E-state index is 5.96. The van der Waals surface area contributed by atoms with Crippen LogP contribution in [0.3, 0.4) is 0 Å². The highest BCUT2D eigenvalue weighted by atomic mass is 35.5. The van der Waals surface area contributed by atoms with Crippen LogP contribution >= 0.6 is 11.6 Å². The molecule has 0 bridgehead atoms. The molecule has 1 unspecified atom stereocenters. The molecule has 0 amide bonds. The summed E-state index contributed by atoms with van der Waals surface area (Å²) in [6, 6.07) is 1.76. The minimum absolute atomic E-state index is 0.195. The number of hydrogen-bond acceptors (Lipinski definition) is 4. The molecule has 0 aliphatic carbocycles. The second-order valence-electron chi connectivity index (χ2n) is 2.85. The van der Waals surface area contributed by atoms with Crippen LogP contribution in [-0.4, -0.2) is 10.1 Å². The lowest BCUT2D eigenvalue weighted by atomic mass is 10.3. The Morgan fingerprint density at radius 1 is 1.57 bits per heavy atom. The topological polar surface area (TPSA) is 52.1 Å². The number of aromatic nitrogens is 2. The zero-order valence-corrected chi connectivity index (χ0v) is 8.36. The molecule has 0 aliphatic rings. The first-order chi connectivity index (χ1) is 6.81. The fourth-order valence-corrected chi connectivity index (χ4v) is 1.14. The molecule has 0 aromatic carbocycles. The Hall–Kier alpha value is -1.29. The van der Waals surface area contributed by atoms with Gasteiger partial charge in [0.15, 0.2) is 5.82 Å². The number of rotatable bonds is 3. The van der Waals surface area contributed by atoms with E-state index >= 15 is 0 Å². The zero-order valence-electron chi connectivity index (χ0n) is 7.61. The first-order valence-electron chi connectivity index (χ1n) is 4.31. The van der Waals surface area contributed by atoms with Gasteiger partial charge in [-0.05, 0) is 12.5 Å². The van der Waals surface area contributed by atoms with Crippen LogP contribution in [0, 0.1) is 0 Å². The number of alkyl halides is 1. The van der Waals surface area contributed by atoms with Gasteiger partial charge in [-0.25, -0.2) is 0 Å². The lowest BCUT2D eigenvalue weighted by Crippen LogP contribution is -1.90. The molecular weight excluding hydrogens is 204 g/mol. The second-order valence-corrected chi connectivity index (χ2v) is 3.37. The van der Waals surface area contributed by atoms with Gasteiger partial charge >= 0.3 is 0 Å². The fraction of sp³-hybridized carbons (Fsp3) is 0.333. The molecule has 0 spiro atoms. The van der Waals surface area contributed by atoms with Crippen LogP contribution < -0.4 is 0 Å². The number of nitrogens with zero attached hydrogens (tertiary/aromatic N) is 2. The third-order valence-electron chi connectivity index (χ3n) is 1.85. The van der Waals surface area contributed by atoms with Gasteiger partial charge < -0.3 is 8.94 Å². The standard InChI is InChI=1S/C9H9ClN2O2/c1-2-7(10)8-11-9(14-12-8)6-3-4-13-5-6/h3-5,7H,2H2,1H3. The molecule has 2 aromatic rings. The van der Waals surface area contributed by atoms with Gasteiger partial charge in [0.1, 0.15) is 6.26 Å². The second kappa shape index (κ2) is 3.84. The first-order valence-corrected chi connectivity index (χ1v) is 4.75. The molecule has 5 heteroatoms. The Kier molecular flexibility index (Phi) is 2.54. The Morgan fingerprint density at radius 3 is 3.07 bits per heavy atom. The maximum absolute atomic E-state index is 5.96. The molecule has 4 nitrogen and oxygen atoms in total. The smallest absolute Gasteiger partial charge is 0.261 e. The summed E-state index contributed by atoms with van der Waals surface area (Å²) in [5.74, 6) is 0.957. The van der Waals surface area contributed by atoms with Crippen LogP contribution in [0.25, 0.3) is 11.5 Å². The van der Waals surface area contributed by atoms with Crippen LogP contribution in [0.4, 0.5) is 0 Å². The van der Waals surface area contributed by atoms with E-state index in [1.165, 1.54) is 0 Å². The average Bonchev–Trinajstić information content (AvgIpc) is 2.86. The van der Waals surface area contributed by atoms with E-state index in [1.807, 2.05) is 6.92 Å². The summed E-state index contributed by atoms with van der Waals surface area (Å²) in [6.45, 7) is 1.96. The summed E-state index contributed by atoms with van der Waals surface area (Å²) in [6.07, 6.45) is 3.87. The highest BCUT2D eigenvalue weighted by Crippen LogP contribution is 2.24. The van der Waals surface area contributed by atoms with Crippen molar-refractivity contribution in [2.45, 2.75) is 18.7 Å². The van der Waals surface area contributed by atoms with Crippen molar-refractivity contribution < 1.29 is 8.94 Å². The Morgan fingerprint density at radius 2 is 2.43 bits per heavy atom. The maximum Gasteiger partial charge on any atom is 0.261 e. The minimum Gasteiger partial charge on any atom is -0.472 e. The van der Waals surface area contributed by atoms with Crippen LogP contribution in [0.15, 0.2) is 27.5 Å². The molecule has 0 radical (unpaired) electrons. The predicted molar refractivity (Wildman–Crippen MR) is 50.9 cm³/mol. The molecule has 14 heavy (non-hydrogen) atoms. The summed E-state index contributed by atoms with van der Waals surface area (Å²) >= 11 is 5.96. The lowest BCUT2D eigenvalue weighted by Gasteiger charge is -1.95. The van der Waals surface area contributed by atoms with E-state index in [0.717, 1.165) is 12.0 Å². The van der Waals surface area contributed by atoms with Crippen molar-refractivity contribution in [1.29, 1.82) is 0 Å². The van der Waals surface area contributed by atoms with Crippen LogP contribution in [-0.2, 0) is 0 Å². The number of halogens is 1. The van der Waals surface area contributed by atoms with E-state index in [4.69, 9.17) is 20.5 Å². The van der Waals surface area contributed by atoms with Crippen molar-refractivity contribution >= 4 is 11.6 Å². The quantitative estimate of drug-likeness (QED) is 0.734. The Bertz CT molecular complexity index is 397. The summed E-state index contributed by atoms with van der Waals surface area (Å²) in [5.41, 5.74) is 0.767. The van der Waals surface area contributed by atoms with Crippen LogP contribution in [0.5, 0.6) is 0 Å². The average molecular weight is 213 g/mol. The molecule has 0 fully saturated rings. The molecule has 0 saturated carbocycles. The normalized spacial score (nSPS) is 13.0. The molecule has 1 atom stereocenters. The van der Waals surface area contributed by atoms with Crippen molar-refractivity contribution in [2.75, 3.05) is 0 Å². The predicted octanol–water partition coefficient (Wildman–Crippen LogP) is 3.02. The van der Waals surface area contributed by atoms with Crippen molar-refractivity contribution in [2.24, 2.45) is 0 Å². The third kappa shape index (κ3) is 1.65. The van der Waals surface area contributed by atoms with Gasteiger partial charge in [-0.1, -0.05) is 12.1 Å². The summed E-state index contributed by atoms with van der Waals surface area (Å²) in [5, 5.41) is 3.59. The van der Waals surface area contributed by atoms with Gasteiger partial charge in [0.05, 0.1) is 17.2 Å². The van der Waals surface area contributed by atoms with Crippen molar-refractivity contribution in [3.63, 3.8) is 0 Å².